The van der Waals surface area contributed by atoms with Crippen LogP contribution in [0, 0.1) is 0 Å². The lowest BCUT2D eigenvalue weighted by Gasteiger charge is -2.21. The number of carboxylic acids is 1. The molecular weight excluding hydrogens is 448 g/mol. The Morgan fingerprint density at radius 3 is 2.48 bits per heavy atom. The number of carboxylic acid groups (broad SMARTS) is 1. The third kappa shape index (κ3) is 4.32. The van der Waals surface area contributed by atoms with Gasteiger partial charge in [0, 0.05) is 6.07 Å². The Morgan fingerprint density at radius 1 is 1.16 bits per heavy atom. The summed E-state index contributed by atoms with van der Waals surface area (Å²) in [5, 5.41) is 9.50. The molecule has 1 aromatic carbocycles. The third-order valence-electron chi connectivity index (χ3n) is 4.64. The lowest BCUT2D eigenvalue weighted by atomic mass is 10.1. The number of aliphatic carboxylic acids is 1. The SMILES string of the molecule is COc1ccc(OC)c(S(=O)(=O)n2c(COC(C)(C)C(=O)O)cc3nc(Cl)ccc32)c1. The van der Waals surface area contributed by atoms with Crippen molar-refractivity contribution in [1.29, 1.82) is 0 Å². The fourth-order valence-electron chi connectivity index (χ4n) is 2.88. The number of hydrogen-bond acceptors (Lipinski definition) is 7. The van der Waals surface area contributed by atoms with E-state index in [4.69, 9.17) is 25.8 Å². The zero-order valence-corrected chi connectivity index (χ0v) is 18.8. The summed E-state index contributed by atoms with van der Waals surface area (Å²) in [6, 6.07) is 8.87. The summed E-state index contributed by atoms with van der Waals surface area (Å²) in [4.78, 5) is 15.4. The van der Waals surface area contributed by atoms with E-state index in [9.17, 15) is 18.3 Å². The summed E-state index contributed by atoms with van der Waals surface area (Å²) >= 11 is 5.97. The van der Waals surface area contributed by atoms with Crippen molar-refractivity contribution in [1.82, 2.24) is 8.96 Å². The molecule has 0 bridgehead atoms. The highest BCUT2D eigenvalue weighted by atomic mass is 35.5. The van der Waals surface area contributed by atoms with Gasteiger partial charge in [-0.25, -0.2) is 22.2 Å². The molecule has 0 aliphatic carbocycles. The number of carbonyl (C=O) groups is 1. The largest absolute Gasteiger partial charge is 0.497 e. The normalized spacial score (nSPS) is 12.2. The minimum atomic E-state index is -4.23. The molecule has 166 valence electrons. The first-order chi connectivity index (χ1) is 14.5. The van der Waals surface area contributed by atoms with Gasteiger partial charge in [-0.2, -0.15) is 0 Å². The van der Waals surface area contributed by atoms with Crippen LogP contribution in [-0.4, -0.2) is 48.3 Å². The summed E-state index contributed by atoms with van der Waals surface area (Å²) in [5.74, 6) is -0.752. The van der Waals surface area contributed by atoms with Crippen molar-refractivity contribution in [3.63, 3.8) is 0 Å². The Hall–Kier alpha value is -2.82. The van der Waals surface area contributed by atoms with Crippen LogP contribution in [0.25, 0.3) is 11.0 Å². The molecule has 0 fully saturated rings. The zero-order valence-electron chi connectivity index (χ0n) is 17.2. The van der Waals surface area contributed by atoms with Crippen molar-refractivity contribution in [2.75, 3.05) is 14.2 Å². The van der Waals surface area contributed by atoms with Gasteiger partial charge in [0.25, 0.3) is 10.0 Å². The molecular formula is C20H21ClN2O7S. The van der Waals surface area contributed by atoms with Gasteiger partial charge in [0.1, 0.15) is 21.5 Å². The Kier molecular flexibility index (Phi) is 6.17. The lowest BCUT2D eigenvalue weighted by Crippen LogP contribution is -2.34. The van der Waals surface area contributed by atoms with E-state index in [1.807, 2.05) is 0 Å². The summed E-state index contributed by atoms with van der Waals surface area (Å²) in [7, 11) is -1.45. The second kappa shape index (κ2) is 8.37. The lowest BCUT2D eigenvalue weighted by molar-refractivity contribution is -0.162. The number of hydrogen-bond donors (Lipinski definition) is 1. The van der Waals surface area contributed by atoms with Gasteiger partial charge in [-0.1, -0.05) is 11.6 Å². The molecule has 11 heteroatoms. The van der Waals surface area contributed by atoms with Crippen LogP contribution >= 0.6 is 11.6 Å². The molecule has 3 aromatic rings. The van der Waals surface area contributed by atoms with Crippen LogP contribution in [0.2, 0.25) is 5.15 Å². The highest BCUT2D eigenvalue weighted by molar-refractivity contribution is 7.90. The number of aromatic nitrogens is 2. The van der Waals surface area contributed by atoms with Gasteiger partial charge in [0.2, 0.25) is 0 Å². The van der Waals surface area contributed by atoms with Crippen molar-refractivity contribution in [2.45, 2.75) is 31.0 Å². The molecule has 0 unspecified atom stereocenters. The van der Waals surface area contributed by atoms with E-state index in [2.05, 4.69) is 4.98 Å². The van der Waals surface area contributed by atoms with Crippen LogP contribution in [0.1, 0.15) is 19.5 Å². The van der Waals surface area contributed by atoms with Crippen LogP contribution in [0.3, 0.4) is 0 Å². The fraction of sp³-hybridized carbons (Fsp3) is 0.300. The minimum Gasteiger partial charge on any atom is -0.497 e. The molecule has 0 saturated heterocycles. The summed E-state index contributed by atoms with van der Waals surface area (Å²) in [6.07, 6.45) is 0. The second-order valence-electron chi connectivity index (χ2n) is 7.06. The quantitative estimate of drug-likeness (QED) is 0.500. The Balaban J connectivity index is 2.24. The molecule has 0 atom stereocenters. The van der Waals surface area contributed by atoms with Gasteiger partial charge in [-0.05, 0) is 44.2 Å². The van der Waals surface area contributed by atoms with E-state index in [1.165, 1.54) is 58.4 Å². The maximum Gasteiger partial charge on any atom is 0.335 e. The van der Waals surface area contributed by atoms with Gasteiger partial charge in [-0.15, -0.1) is 0 Å². The molecule has 0 amide bonds. The van der Waals surface area contributed by atoms with E-state index in [0.717, 1.165) is 3.97 Å². The summed E-state index contributed by atoms with van der Waals surface area (Å²) < 4.78 is 44.4. The Labute approximate surface area is 184 Å². The van der Waals surface area contributed by atoms with E-state index < -0.39 is 21.6 Å². The molecule has 0 radical (unpaired) electrons. The van der Waals surface area contributed by atoms with E-state index in [-0.39, 0.29) is 33.6 Å². The van der Waals surface area contributed by atoms with Crippen LogP contribution < -0.4 is 9.47 Å². The maximum absolute atomic E-state index is 13.7. The zero-order chi connectivity index (χ0) is 23.0. The Bertz CT molecular complexity index is 1250. The van der Waals surface area contributed by atoms with Crippen molar-refractivity contribution in [2.24, 2.45) is 0 Å². The molecule has 2 heterocycles. The number of methoxy groups -OCH3 is 2. The van der Waals surface area contributed by atoms with Gasteiger partial charge in [-0.3, -0.25) is 0 Å². The van der Waals surface area contributed by atoms with Crippen molar-refractivity contribution < 1.29 is 32.5 Å². The van der Waals surface area contributed by atoms with Crippen LogP contribution in [0.15, 0.2) is 41.3 Å². The van der Waals surface area contributed by atoms with Crippen LogP contribution in [-0.2, 0) is 26.2 Å². The number of ether oxygens (including phenoxy) is 3. The van der Waals surface area contributed by atoms with Crippen LogP contribution in [0.5, 0.6) is 11.5 Å². The molecule has 0 aliphatic heterocycles. The highest BCUT2D eigenvalue weighted by Gasteiger charge is 2.31. The molecule has 0 aliphatic rings. The molecule has 2 aromatic heterocycles. The number of fused-ring (bicyclic) bond motifs is 1. The molecule has 3 rings (SSSR count). The van der Waals surface area contributed by atoms with Crippen molar-refractivity contribution in [3.05, 3.63) is 47.2 Å². The maximum atomic E-state index is 13.7. The monoisotopic (exact) mass is 468 g/mol. The number of nitrogens with zero attached hydrogens (tertiary/aromatic N) is 2. The fourth-order valence-corrected chi connectivity index (χ4v) is 4.72. The molecule has 1 N–H and O–H groups in total. The topological polar surface area (TPSA) is 117 Å². The van der Waals surface area contributed by atoms with Crippen molar-refractivity contribution >= 4 is 38.6 Å². The second-order valence-corrected chi connectivity index (χ2v) is 9.21. The first-order valence-electron chi connectivity index (χ1n) is 9.03. The van der Waals surface area contributed by atoms with Crippen molar-refractivity contribution in [3.8, 4) is 11.5 Å². The molecule has 0 saturated carbocycles. The van der Waals surface area contributed by atoms with Gasteiger partial charge in [0.15, 0.2) is 5.60 Å². The van der Waals surface area contributed by atoms with Gasteiger partial charge in [0.05, 0.1) is 37.6 Å². The molecule has 9 nitrogen and oxygen atoms in total. The molecule has 31 heavy (non-hydrogen) atoms. The standard InChI is InChI=1S/C20H21ClN2O7S/c1-20(2,19(24)25)30-11-12-9-14-15(6-8-18(21)22-14)23(12)31(26,27)17-10-13(28-3)5-7-16(17)29-4/h5-10H,11H2,1-4H3,(H,24,25). The smallest absolute Gasteiger partial charge is 0.335 e. The third-order valence-corrected chi connectivity index (χ3v) is 6.63. The highest BCUT2D eigenvalue weighted by Crippen LogP contribution is 2.33. The average Bonchev–Trinajstić information content (AvgIpc) is 3.09. The molecule has 0 spiro atoms. The first-order valence-corrected chi connectivity index (χ1v) is 10.8. The van der Waals surface area contributed by atoms with Crippen LogP contribution in [0.4, 0.5) is 0 Å². The summed E-state index contributed by atoms with van der Waals surface area (Å²) in [6.45, 7) is 2.44. The van der Waals surface area contributed by atoms with Gasteiger partial charge < -0.3 is 19.3 Å². The number of pyridine rings is 1. The number of benzene rings is 1. The van der Waals surface area contributed by atoms with E-state index in [1.54, 1.807) is 6.07 Å². The number of rotatable bonds is 8. The first kappa shape index (κ1) is 22.9. The predicted octanol–water partition coefficient (Wildman–Crippen LogP) is 3.32. The summed E-state index contributed by atoms with van der Waals surface area (Å²) in [5.41, 5.74) is -0.807. The van der Waals surface area contributed by atoms with Gasteiger partial charge >= 0.3 is 5.97 Å². The number of halogens is 1. The van der Waals surface area contributed by atoms with E-state index in [0.29, 0.717) is 11.3 Å². The minimum absolute atomic E-state index is 0.113. The predicted molar refractivity (Wildman–Crippen MR) is 113 cm³/mol. The van der Waals surface area contributed by atoms with E-state index >= 15 is 0 Å². The Morgan fingerprint density at radius 2 is 1.87 bits per heavy atom. The average molecular weight is 469 g/mol.